The van der Waals surface area contributed by atoms with Crippen molar-refractivity contribution in [3.05, 3.63) is 86.7 Å². The summed E-state index contributed by atoms with van der Waals surface area (Å²) in [6, 6.07) is 16.2. The van der Waals surface area contributed by atoms with E-state index >= 15 is 0 Å². The summed E-state index contributed by atoms with van der Waals surface area (Å²) in [5.74, 6) is 0.406. The zero-order valence-electron chi connectivity index (χ0n) is 16.9. The molecule has 4 rings (SSSR count). The van der Waals surface area contributed by atoms with Gasteiger partial charge in [0.1, 0.15) is 6.54 Å². The molecule has 7 nitrogen and oxygen atoms in total. The van der Waals surface area contributed by atoms with Crippen LogP contribution in [0.15, 0.2) is 74.6 Å². The molecular weight excluding hydrogens is 460 g/mol. The molecule has 31 heavy (non-hydrogen) atoms. The van der Waals surface area contributed by atoms with Crippen LogP contribution in [-0.4, -0.2) is 20.6 Å². The van der Waals surface area contributed by atoms with Gasteiger partial charge in [-0.2, -0.15) is 4.98 Å². The fourth-order valence-corrected chi connectivity index (χ4v) is 3.33. The summed E-state index contributed by atoms with van der Waals surface area (Å²) in [7, 11) is 0. The number of benzene rings is 2. The van der Waals surface area contributed by atoms with Crippen LogP contribution in [0.4, 0.5) is 5.69 Å². The number of aromatic nitrogens is 3. The van der Waals surface area contributed by atoms with Crippen LogP contribution in [0.5, 0.6) is 0 Å². The molecule has 1 N–H and O–H groups in total. The molecule has 0 aliphatic carbocycles. The van der Waals surface area contributed by atoms with Crippen LogP contribution < -0.4 is 10.9 Å². The van der Waals surface area contributed by atoms with Crippen LogP contribution in [0, 0.1) is 13.8 Å². The number of aryl methyl sites for hydroxylation is 1. The molecule has 0 unspecified atom stereocenters. The summed E-state index contributed by atoms with van der Waals surface area (Å²) in [6.07, 6.45) is 1.55. The minimum absolute atomic E-state index is 0.131. The SMILES string of the molecule is Cc1cccc(NC(=O)Cn2cc(-c3nc(-c4ccc(Br)cc4)no3)ccc2=O)c1C. The first-order valence-electron chi connectivity index (χ1n) is 9.57. The number of halogens is 1. The van der Waals surface area contributed by atoms with Gasteiger partial charge in [-0.15, -0.1) is 0 Å². The van der Waals surface area contributed by atoms with Crippen molar-refractivity contribution in [1.29, 1.82) is 0 Å². The van der Waals surface area contributed by atoms with Gasteiger partial charge in [-0.05, 0) is 61.4 Å². The third kappa shape index (κ3) is 4.64. The Morgan fingerprint density at radius 3 is 2.58 bits per heavy atom. The maximum Gasteiger partial charge on any atom is 0.259 e. The second-order valence-electron chi connectivity index (χ2n) is 7.11. The van der Waals surface area contributed by atoms with Gasteiger partial charge in [0.25, 0.3) is 11.4 Å². The maximum absolute atomic E-state index is 12.5. The smallest absolute Gasteiger partial charge is 0.259 e. The van der Waals surface area contributed by atoms with Crippen molar-refractivity contribution in [2.24, 2.45) is 0 Å². The van der Waals surface area contributed by atoms with Gasteiger partial charge in [0.15, 0.2) is 0 Å². The zero-order valence-corrected chi connectivity index (χ0v) is 18.5. The maximum atomic E-state index is 12.5. The number of nitrogens with zero attached hydrogens (tertiary/aromatic N) is 3. The van der Waals surface area contributed by atoms with E-state index in [1.54, 1.807) is 12.3 Å². The van der Waals surface area contributed by atoms with Gasteiger partial charge in [-0.3, -0.25) is 9.59 Å². The van der Waals surface area contributed by atoms with Crippen LogP contribution in [0.1, 0.15) is 11.1 Å². The lowest BCUT2D eigenvalue weighted by Crippen LogP contribution is -2.27. The van der Waals surface area contributed by atoms with Crippen LogP contribution in [0.25, 0.3) is 22.8 Å². The minimum Gasteiger partial charge on any atom is -0.334 e. The van der Waals surface area contributed by atoms with Crippen LogP contribution in [0.2, 0.25) is 0 Å². The van der Waals surface area contributed by atoms with Gasteiger partial charge in [0, 0.05) is 28.0 Å². The molecule has 4 aromatic rings. The molecule has 0 spiro atoms. The van der Waals surface area contributed by atoms with E-state index in [0.29, 0.717) is 11.4 Å². The van der Waals surface area contributed by atoms with Gasteiger partial charge in [0.05, 0.1) is 5.56 Å². The van der Waals surface area contributed by atoms with E-state index in [0.717, 1.165) is 26.9 Å². The van der Waals surface area contributed by atoms with Crippen LogP contribution >= 0.6 is 15.9 Å². The number of anilines is 1. The lowest BCUT2D eigenvalue weighted by atomic mass is 10.1. The van der Waals surface area contributed by atoms with Crippen molar-refractivity contribution in [1.82, 2.24) is 14.7 Å². The lowest BCUT2D eigenvalue weighted by Gasteiger charge is -2.11. The summed E-state index contributed by atoms with van der Waals surface area (Å²) in [6.45, 7) is 3.79. The number of amides is 1. The second-order valence-corrected chi connectivity index (χ2v) is 8.03. The minimum atomic E-state index is -0.299. The van der Waals surface area contributed by atoms with Gasteiger partial charge in [0.2, 0.25) is 11.7 Å². The zero-order chi connectivity index (χ0) is 22.0. The van der Waals surface area contributed by atoms with Crippen molar-refractivity contribution in [2.75, 3.05) is 5.32 Å². The Morgan fingerprint density at radius 2 is 1.81 bits per heavy atom. The monoisotopic (exact) mass is 478 g/mol. The molecule has 0 aliphatic heterocycles. The molecule has 0 aliphatic rings. The fraction of sp³-hybridized carbons (Fsp3) is 0.130. The summed E-state index contributed by atoms with van der Waals surface area (Å²) in [4.78, 5) is 29.2. The van der Waals surface area contributed by atoms with E-state index < -0.39 is 0 Å². The van der Waals surface area contributed by atoms with Gasteiger partial charge in [-0.1, -0.05) is 33.2 Å². The summed E-state index contributed by atoms with van der Waals surface area (Å²) in [5.41, 5.74) is 3.85. The summed E-state index contributed by atoms with van der Waals surface area (Å²) in [5, 5.41) is 6.87. The second kappa shape index (κ2) is 8.69. The fourth-order valence-electron chi connectivity index (χ4n) is 3.07. The van der Waals surface area contributed by atoms with E-state index in [1.807, 2.05) is 56.3 Å². The van der Waals surface area contributed by atoms with Crippen molar-refractivity contribution in [3.8, 4) is 22.8 Å². The largest absolute Gasteiger partial charge is 0.334 e. The predicted octanol–water partition coefficient (Wildman–Crippen LogP) is 4.58. The molecule has 8 heteroatoms. The van der Waals surface area contributed by atoms with Gasteiger partial charge >= 0.3 is 0 Å². The van der Waals surface area contributed by atoms with E-state index in [4.69, 9.17) is 4.52 Å². The van der Waals surface area contributed by atoms with Gasteiger partial charge < -0.3 is 14.4 Å². The highest BCUT2D eigenvalue weighted by molar-refractivity contribution is 9.10. The van der Waals surface area contributed by atoms with Crippen LogP contribution in [0.3, 0.4) is 0 Å². The number of pyridine rings is 1. The average Bonchev–Trinajstić information content (AvgIpc) is 3.24. The Bertz CT molecular complexity index is 1310. The third-order valence-electron chi connectivity index (χ3n) is 4.95. The highest BCUT2D eigenvalue weighted by Gasteiger charge is 2.13. The first-order valence-corrected chi connectivity index (χ1v) is 10.4. The Hall–Kier alpha value is -3.52. The first kappa shape index (κ1) is 20.7. The van der Waals surface area contributed by atoms with Crippen molar-refractivity contribution in [3.63, 3.8) is 0 Å². The number of carbonyl (C=O) groups excluding carboxylic acids is 1. The van der Waals surface area contributed by atoms with Crippen molar-refractivity contribution < 1.29 is 9.32 Å². The molecule has 0 fully saturated rings. The van der Waals surface area contributed by atoms with E-state index in [-0.39, 0.29) is 23.9 Å². The quantitative estimate of drug-likeness (QED) is 0.453. The summed E-state index contributed by atoms with van der Waals surface area (Å²) >= 11 is 3.39. The standard InChI is InChI=1S/C23H19BrN4O3/c1-14-4-3-5-19(15(14)2)25-20(29)13-28-12-17(8-11-21(28)30)23-26-22(27-31-23)16-6-9-18(24)10-7-16/h3-12H,13H2,1-2H3,(H,25,29). The highest BCUT2D eigenvalue weighted by atomic mass is 79.9. The average molecular weight is 479 g/mol. The molecule has 0 atom stereocenters. The predicted molar refractivity (Wildman–Crippen MR) is 122 cm³/mol. The molecule has 156 valence electrons. The normalized spacial score (nSPS) is 10.8. The van der Waals surface area contributed by atoms with Crippen molar-refractivity contribution >= 4 is 27.5 Å². The molecule has 0 radical (unpaired) electrons. The Morgan fingerprint density at radius 1 is 1.06 bits per heavy atom. The molecule has 0 saturated carbocycles. The summed E-state index contributed by atoms with van der Waals surface area (Å²) < 4.78 is 7.64. The van der Waals surface area contributed by atoms with Crippen molar-refractivity contribution in [2.45, 2.75) is 20.4 Å². The molecule has 1 amide bonds. The lowest BCUT2D eigenvalue weighted by molar-refractivity contribution is -0.116. The number of hydrogen-bond donors (Lipinski definition) is 1. The Labute approximate surface area is 186 Å². The Kier molecular flexibility index (Phi) is 5.81. The molecule has 2 aromatic heterocycles. The third-order valence-corrected chi connectivity index (χ3v) is 5.48. The molecule has 2 aromatic carbocycles. The number of hydrogen-bond acceptors (Lipinski definition) is 5. The molecule has 0 saturated heterocycles. The number of nitrogens with one attached hydrogen (secondary N) is 1. The topological polar surface area (TPSA) is 90.0 Å². The molecule has 2 heterocycles. The highest BCUT2D eigenvalue weighted by Crippen LogP contribution is 2.23. The number of rotatable bonds is 5. The number of carbonyl (C=O) groups is 1. The van der Waals surface area contributed by atoms with E-state index in [1.165, 1.54) is 10.6 Å². The van der Waals surface area contributed by atoms with E-state index in [9.17, 15) is 9.59 Å². The van der Waals surface area contributed by atoms with Crippen LogP contribution in [-0.2, 0) is 11.3 Å². The van der Waals surface area contributed by atoms with E-state index in [2.05, 4.69) is 31.4 Å². The van der Waals surface area contributed by atoms with Gasteiger partial charge in [-0.25, -0.2) is 0 Å². The first-order chi connectivity index (χ1) is 14.9. The molecular formula is C23H19BrN4O3. The molecule has 0 bridgehead atoms. The Balaban J connectivity index is 1.55.